The summed E-state index contributed by atoms with van der Waals surface area (Å²) < 4.78 is 40.8. The van der Waals surface area contributed by atoms with Crippen LogP contribution >= 0.6 is 11.3 Å². The Kier molecular flexibility index (Phi) is 5.20. The van der Waals surface area contributed by atoms with Gasteiger partial charge in [0.25, 0.3) is 11.5 Å². The molecule has 5 nitrogen and oxygen atoms in total. The van der Waals surface area contributed by atoms with Gasteiger partial charge in [-0.25, -0.2) is 4.98 Å². The second kappa shape index (κ2) is 7.47. The number of aryl methyl sites for hydroxylation is 2. The quantitative estimate of drug-likeness (QED) is 0.641. The van der Waals surface area contributed by atoms with Gasteiger partial charge in [0.15, 0.2) is 0 Å². The number of benzene rings is 1. The Morgan fingerprint density at radius 1 is 1.26 bits per heavy atom. The van der Waals surface area contributed by atoms with Gasteiger partial charge in [-0.1, -0.05) is 32.0 Å². The highest BCUT2D eigenvalue weighted by Crippen LogP contribution is 2.33. The fraction of sp³-hybridized carbons (Fsp3) is 0.409. The van der Waals surface area contributed by atoms with Crippen LogP contribution in [0.3, 0.4) is 0 Å². The van der Waals surface area contributed by atoms with Crippen LogP contribution in [0.4, 0.5) is 13.2 Å². The molecule has 0 bridgehead atoms. The number of hydrogen-bond donors (Lipinski definition) is 1. The number of thiophene rings is 1. The standard InChI is InChI=1S/C22H22F3N3O2S/c1-12-16-19(27-15-8-5-9-28(15)20(16)30)31-17(12)18(29)26-11-21(2,3)13-6-4-7-14(10-13)22(23,24)25/h4,6-7,10H,5,8-9,11H2,1-3H3,(H,26,29). The number of rotatable bonds is 4. The Bertz CT molecular complexity index is 1240. The molecule has 0 fully saturated rings. The lowest BCUT2D eigenvalue weighted by atomic mass is 9.83. The van der Waals surface area contributed by atoms with Gasteiger partial charge in [-0.3, -0.25) is 14.2 Å². The fourth-order valence-electron chi connectivity index (χ4n) is 3.89. The Morgan fingerprint density at radius 3 is 2.68 bits per heavy atom. The summed E-state index contributed by atoms with van der Waals surface area (Å²) in [4.78, 5) is 31.2. The molecule has 164 valence electrons. The smallest absolute Gasteiger partial charge is 0.350 e. The van der Waals surface area contributed by atoms with Crippen molar-refractivity contribution in [2.24, 2.45) is 0 Å². The van der Waals surface area contributed by atoms with E-state index < -0.39 is 17.2 Å². The first kappa shape index (κ1) is 21.5. The van der Waals surface area contributed by atoms with Crippen molar-refractivity contribution >= 4 is 27.5 Å². The van der Waals surface area contributed by atoms with E-state index in [9.17, 15) is 22.8 Å². The Hall–Kier alpha value is -2.68. The monoisotopic (exact) mass is 449 g/mol. The van der Waals surface area contributed by atoms with Crippen LogP contribution < -0.4 is 10.9 Å². The lowest BCUT2D eigenvalue weighted by Crippen LogP contribution is -2.36. The summed E-state index contributed by atoms with van der Waals surface area (Å²) in [6, 6.07) is 5.14. The molecule has 3 aromatic rings. The van der Waals surface area contributed by atoms with E-state index >= 15 is 0 Å². The van der Waals surface area contributed by atoms with Gasteiger partial charge >= 0.3 is 6.18 Å². The van der Waals surface area contributed by atoms with Crippen LogP contribution in [0.1, 0.15) is 52.5 Å². The number of alkyl halides is 3. The number of halogens is 3. The van der Waals surface area contributed by atoms with Crippen molar-refractivity contribution in [3.05, 3.63) is 62.0 Å². The summed E-state index contributed by atoms with van der Waals surface area (Å²) >= 11 is 1.18. The molecule has 1 amide bonds. The van der Waals surface area contributed by atoms with Gasteiger partial charge in [-0.05, 0) is 30.5 Å². The first-order valence-corrected chi connectivity index (χ1v) is 10.8. The van der Waals surface area contributed by atoms with E-state index in [2.05, 4.69) is 10.3 Å². The lowest BCUT2D eigenvalue weighted by molar-refractivity contribution is -0.137. The molecule has 1 aliphatic heterocycles. The second-order valence-electron chi connectivity index (χ2n) is 8.47. The molecule has 31 heavy (non-hydrogen) atoms. The van der Waals surface area contributed by atoms with Crippen LogP contribution in [-0.4, -0.2) is 22.0 Å². The van der Waals surface area contributed by atoms with Crippen molar-refractivity contribution in [3.63, 3.8) is 0 Å². The number of carbonyl (C=O) groups is 1. The third-order valence-corrected chi connectivity index (χ3v) is 6.96. The molecule has 1 aliphatic rings. The van der Waals surface area contributed by atoms with Crippen LogP contribution in [0, 0.1) is 6.92 Å². The van der Waals surface area contributed by atoms with Gasteiger partial charge in [0.2, 0.25) is 0 Å². The van der Waals surface area contributed by atoms with Crippen molar-refractivity contribution in [3.8, 4) is 0 Å². The molecule has 0 aliphatic carbocycles. The number of aromatic nitrogens is 2. The maximum Gasteiger partial charge on any atom is 0.416 e. The highest BCUT2D eigenvalue weighted by atomic mass is 32.1. The summed E-state index contributed by atoms with van der Waals surface area (Å²) in [5.74, 6) is 0.390. The van der Waals surface area contributed by atoms with Crippen LogP contribution in [0.15, 0.2) is 29.1 Å². The number of nitrogens with one attached hydrogen (secondary N) is 1. The van der Waals surface area contributed by atoms with Crippen molar-refractivity contribution in [2.75, 3.05) is 6.54 Å². The number of hydrogen-bond acceptors (Lipinski definition) is 4. The fourth-order valence-corrected chi connectivity index (χ4v) is 5.00. The second-order valence-corrected chi connectivity index (χ2v) is 9.47. The third-order valence-electron chi connectivity index (χ3n) is 5.78. The number of amides is 1. The van der Waals surface area contributed by atoms with Gasteiger partial charge in [0.1, 0.15) is 10.7 Å². The van der Waals surface area contributed by atoms with Crippen LogP contribution in [0.25, 0.3) is 10.2 Å². The minimum absolute atomic E-state index is 0.116. The van der Waals surface area contributed by atoms with Gasteiger partial charge < -0.3 is 5.32 Å². The van der Waals surface area contributed by atoms with Crippen LogP contribution in [-0.2, 0) is 24.6 Å². The average molecular weight is 449 g/mol. The minimum atomic E-state index is -4.43. The summed E-state index contributed by atoms with van der Waals surface area (Å²) in [7, 11) is 0. The van der Waals surface area contributed by atoms with Crippen molar-refractivity contribution < 1.29 is 18.0 Å². The zero-order valence-electron chi connectivity index (χ0n) is 17.4. The summed E-state index contributed by atoms with van der Waals surface area (Å²) in [5, 5.41) is 3.30. The SMILES string of the molecule is Cc1c(C(=O)NCC(C)(C)c2cccc(C(F)(F)F)c2)sc2nc3n(c(=O)c12)CCC3. The molecule has 4 rings (SSSR count). The molecule has 3 heterocycles. The van der Waals surface area contributed by atoms with E-state index in [0.717, 1.165) is 30.8 Å². The molecule has 0 spiro atoms. The molecule has 1 N–H and O–H groups in total. The molecule has 0 saturated carbocycles. The Morgan fingerprint density at radius 2 is 1.97 bits per heavy atom. The van der Waals surface area contributed by atoms with E-state index in [-0.39, 0.29) is 18.0 Å². The molecule has 1 aromatic carbocycles. The average Bonchev–Trinajstić information content (AvgIpc) is 3.31. The summed E-state index contributed by atoms with van der Waals surface area (Å²) in [6.45, 7) is 6.07. The largest absolute Gasteiger partial charge is 0.416 e. The molecule has 9 heteroatoms. The molecular weight excluding hydrogens is 427 g/mol. The van der Waals surface area contributed by atoms with Gasteiger partial charge in [-0.2, -0.15) is 13.2 Å². The third kappa shape index (κ3) is 3.86. The first-order valence-electron chi connectivity index (χ1n) is 9.98. The maximum absolute atomic E-state index is 13.1. The summed E-state index contributed by atoms with van der Waals surface area (Å²) in [5.41, 5.74) is -0.486. The highest BCUT2D eigenvalue weighted by Gasteiger charge is 2.32. The zero-order valence-corrected chi connectivity index (χ0v) is 18.2. The van der Waals surface area contributed by atoms with E-state index in [1.807, 2.05) is 0 Å². The van der Waals surface area contributed by atoms with Gasteiger partial charge in [0, 0.05) is 24.9 Å². The van der Waals surface area contributed by atoms with Gasteiger partial charge in [0.05, 0.1) is 15.8 Å². The van der Waals surface area contributed by atoms with Crippen LogP contribution in [0.5, 0.6) is 0 Å². The Labute approximate surface area is 180 Å². The lowest BCUT2D eigenvalue weighted by Gasteiger charge is -2.26. The van der Waals surface area contributed by atoms with Crippen molar-refractivity contribution in [1.29, 1.82) is 0 Å². The molecule has 0 unspecified atom stereocenters. The van der Waals surface area contributed by atoms with Crippen molar-refractivity contribution in [1.82, 2.24) is 14.9 Å². The predicted octanol–water partition coefficient (Wildman–Crippen LogP) is 4.44. The van der Waals surface area contributed by atoms with Crippen molar-refractivity contribution in [2.45, 2.75) is 51.7 Å². The molecular formula is C22H22F3N3O2S. The van der Waals surface area contributed by atoms with E-state index in [1.54, 1.807) is 31.4 Å². The number of fused-ring (bicyclic) bond motifs is 2. The molecule has 2 aromatic heterocycles. The van der Waals surface area contributed by atoms with E-state index in [1.165, 1.54) is 17.4 Å². The van der Waals surface area contributed by atoms with E-state index in [0.29, 0.717) is 32.8 Å². The first-order chi connectivity index (χ1) is 14.5. The van der Waals surface area contributed by atoms with Crippen LogP contribution in [0.2, 0.25) is 0 Å². The summed E-state index contributed by atoms with van der Waals surface area (Å²) in [6.07, 6.45) is -2.80. The zero-order chi connectivity index (χ0) is 22.6. The normalized spacial score (nSPS) is 14.1. The maximum atomic E-state index is 13.1. The Balaban J connectivity index is 1.58. The topological polar surface area (TPSA) is 64.0 Å². The predicted molar refractivity (Wildman–Crippen MR) is 114 cm³/mol. The minimum Gasteiger partial charge on any atom is -0.350 e. The number of carbonyl (C=O) groups excluding carboxylic acids is 1. The highest BCUT2D eigenvalue weighted by molar-refractivity contribution is 7.20. The van der Waals surface area contributed by atoms with E-state index in [4.69, 9.17) is 0 Å². The molecule has 0 atom stereocenters. The van der Waals surface area contributed by atoms with Gasteiger partial charge in [-0.15, -0.1) is 11.3 Å². The number of nitrogens with zero attached hydrogens (tertiary/aromatic N) is 2. The molecule has 0 radical (unpaired) electrons. The molecule has 0 saturated heterocycles.